The van der Waals surface area contributed by atoms with Gasteiger partial charge in [-0.25, -0.2) is 14.4 Å². The highest BCUT2D eigenvalue weighted by Gasteiger charge is 2.31. The van der Waals surface area contributed by atoms with E-state index < -0.39 is 0 Å². The zero-order chi connectivity index (χ0) is 13.8. The van der Waals surface area contributed by atoms with Crippen molar-refractivity contribution in [1.82, 2.24) is 9.97 Å². The normalized spacial score (nSPS) is 20.8. The maximum atomic E-state index is 14.4. The maximum Gasteiger partial charge on any atom is 0.187 e. The third-order valence-corrected chi connectivity index (χ3v) is 4.15. The summed E-state index contributed by atoms with van der Waals surface area (Å²) in [6, 6.07) is 0.425. The lowest BCUT2D eigenvalue weighted by Gasteiger charge is -2.30. The van der Waals surface area contributed by atoms with Crippen molar-refractivity contribution in [2.45, 2.75) is 58.9 Å². The summed E-state index contributed by atoms with van der Waals surface area (Å²) in [5.41, 5.74) is 0.527. The molecular weight excluding hydrogens is 241 g/mol. The molecule has 1 aromatic rings. The van der Waals surface area contributed by atoms with Crippen molar-refractivity contribution in [3.63, 3.8) is 0 Å². The van der Waals surface area contributed by atoms with Gasteiger partial charge in [0.1, 0.15) is 6.33 Å². The van der Waals surface area contributed by atoms with Crippen LogP contribution in [0.1, 0.15) is 52.1 Å². The van der Waals surface area contributed by atoms with Gasteiger partial charge in [0.15, 0.2) is 11.6 Å². The molecule has 0 aliphatic carbocycles. The van der Waals surface area contributed by atoms with E-state index in [1.165, 1.54) is 19.2 Å². The number of aromatic nitrogens is 2. The van der Waals surface area contributed by atoms with Crippen molar-refractivity contribution in [3.05, 3.63) is 17.8 Å². The first-order valence-corrected chi connectivity index (χ1v) is 7.45. The highest BCUT2D eigenvalue weighted by atomic mass is 19.1. The SMILES string of the molecule is CCCC(C)C1CCCN1c1ncnc(CC)c1F. The Morgan fingerprint density at radius 1 is 1.42 bits per heavy atom. The van der Waals surface area contributed by atoms with E-state index in [9.17, 15) is 4.39 Å². The molecule has 0 amide bonds. The molecule has 1 aromatic heterocycles. The summed E-state index contributed by atoms with van der Waals surface area (Å²) < 4.78 is 14.4. The van der Waals surface area contributed by atoms with Crippen molar-refractivity contribution in [1.29, 1.82) is 0 Å². The number of hydrogen-bond acceptors (Lipinski definition) is 3. The molecule has 0 radical (unpaired) electrons. The number of anilines is 1. The first-order chi connectivity index (χ1) is 9.19. The standard InChI is InChI=1S/C15H24FN3/c1-4-7-11(3)13-8-6-9-19(13)15-14(16)12(5-2)17-10-18-15/h10-11,13H,4-9H2,1-3H3. The number of rotatable bonds is 5. The van der Waals surface area contributed by atoms with Gasteiger partial charge in [0, 0.05) is 12.6 Å². The molecule has 0 saturated carbocycles. The molecular formula is C15H24FN3. The van der Waals surface area contributed by atoms with Crippen molar-refractivity contribution >= 4 is 5.82 Å². The molecule has 0 bridgehead atoms. The maximum absolute atomic E-state index is 14.4. The summed E-state index contributed by atoms with van der Waals surface area (Å²) in [6.45, 7) is 7.31. The molecule has 0 N–H and O–H groups in total. The summed E-state index contributed by atoms with van der Waals surface area (Å²) in [4.78, 5) is 10.4. The van der Waals surface area contributed by atoms with Gasteiger partial charge in [0.25, 0.3) is 0 Å². The van der Waals surface area contributed by atoms with E-state index in [1.807, 2.05) is 6.92 Å². The third-order valence-electron chi connectivity index (χ3n) is 4.15. The van der Waals surface area contributed by atoms with E-state index in [-0.39, 0.29) is 5.82 Å². The Kier molecular flexibility index (Phi) is 4.72. The van der Waals surface area contributed by atoms with Crippen LogP contribution in [0.2, 0.25) is 0 Å². The van der Waals surface area contributed by atoms with E-state index in [2.05, 4.69) is 28.7 Å². The predicted octanol–water partition coefficient (Wildman–Crippen LogP) is 3.58. The van der Waals surface area contributed by atoms with E-state index in [0.29, 0.717) is 29.9 Å². The van der Waals surface area contributed by atoms with E-state index in [4.69, 9.17) is 0 Å². The Bertz CT molecular complexity index is 422. The Balaban J connectivity index is 2.25. The zero-order valence-electron chi connectivity index (χ0n) is 12.2. The Morgan fingerprint density at radius 3 is 2.89 bits per heavy atom. The lowest BCUT2D eigenvalue weighted by atomic mass is 9.95. The second kappa shape index (κ2) is 6.31. The highest BCUT2D eigenvalue weighted by molar-refractivity contribution is 5.43. The smallest absolute Gasteiger partial charge is 0.187 e. The van der Waals surface area contributed by atoms with Gasteiger partial charge in [-0.2, -0.15) is 0 Å². The lowest BCUT2D eigenvalue weighted by molar-refractivity contribution is 0.416. The second-order valence-corrected chi connectivity index (χ2v) is 5.48. The van der Waals surface area contributed by atoms with Gasteiger partial charge in [0.05, 0.1) is 5.69 Å². The summed E-state index contributed by atoms with van der Waals surface area (Å²) in [5.74, 6) is 0.879. The van der Waals surface area contributed by atoms with Crippen molar-refractivity contribution in [3.8, 4) is 0 Å². The van der Waals surface area contributed by atoms with Gasteiger partial charge in [0.2, 0.25) is 0 Å². The first-order valence-electron chi connectivity index (χ1n) is 7.45. The monoisotopic (exact) mass is 265 g/mol. The van der Waals surface area contributed by atoms with Gasteiger partial charge in [-0.15, -0.1) is 0 Å². The van der Waals surface area contributed by atoms with Crippen LogP contribution in [0.3, 0.4) is 0 Å². The molecule has 0 spiro atoms. The van der Waals surface area contributed by atoms with Gasteiger partial charge < -0.3 is 4.90 Å². The minimum atomic E-state index is -0.222. The lowest BCUT2D eigenvalue weighted by Crippen LogP contribution is -2.36. The fraction of sp³-hybridized carbons (Fsp3) is 0.733. The number of aryl methyl sites for hydroxylation is 1. The molecule has 2 unspecified atom stereocenters. The summed E-state index contributed by atoms with van der Waals surface area (Å²) >= 11 is 0. The van der Waals surface area contributed by atoms with Gasteiger partial charge in [-0.05, 0) is 31.6 Å². The highest BCUT2D eigenvalue weighted by Crippen LogP contribution is 2.32. The molecule has 1 aliphatic rings. The van der Waals surface area contributed by atoms with Crippen LogP contribution in [0, 0.1) is 11.7 Å². The second-order valence-electron chi connectivity index (χ2n) is 5.48. The fourth-order valence-electron chi connectivity index (χ4n) is 3.14. The van der Waals surface area contributed by atoms with Gasteiger partial charge in [-0.3, -0.25) is 0 Å². The summed E-state index contributed by atoms with van der Waals surface area (Å²) in [7, 11) is 0. The Labute approximate surface area is 115 Å². The number of hydrogen-bond donors (Lipinski definition) is 0. The average molecular weight is 265 g/mol. The van der Waals surface area contributed by atoms with Crippen molar-refractivity contribution in [2.75, 3.05) is 11.4 Å². The zero-order valence-corrected chi connectivity index (χ0v) is 12.2. The van der Waals surface area contributed by atoms with Crippen molar-refractivity contribution in [2.24, 2.45) is 5.92 Å². The molecule has 2 atom stereocenters. The van der Waals surface area contributed by atoms with Crippen molar-refractivity contribution < 1.29 is 4.39 Å². The van der Waals surface area contributed by atoms with Gasteiger partial charge >= 0.3 is 0 Å². The summed E-state index contributed by atoms with van der Waals surface area (Å²) in [5, 5.41) is 0. The Hall–Kier alpha value is -1.19. The van der Waals surface area contributed by atoms with Crippen LogP contribution in [0.25, 0.3) is 0 Å². The molecule has 2 rings (SSSR count). The quantitative estimate of drug-likeness (QED) is 0.814. The molecule has 1 saturated heterocycles. The topological polar surface area (TPSA) is 29.0 Å². The van der Waals surface area contributed by atoms with Gasteiger partial charge in [-0.1, -0.05) is 27.2 Å². The molecule has 0 aromatic carbocycles. The number of halogens is 1. The minimum Gasteiger partial charge on any atom is -0.351 e. The largest absolute Gasteiger partial charge is 0.351 e. The average Bonchev–Trinajstić information content (AvgIpc) is 2.88. The molecule has 19 heavy (non-hydrogen) atoms. The molecule has 1 fully saturated rings. The van der Waals surface area contributed by atoms with Crippen LogP contribution in [0.5, 0.6) is 0 Å². The van der Waals surface area contributed by atoms with Crippen LogP contribution in [-0.2, 0) is 6.42 Å². The van der Waals surface area contributed by atoms with Crippen LogP contribution in [-0.4, -0.2) is 22.6 Å². The van der Waals surface area contributed by atoms with Crippen LogP contribution in [0.4, 0.5) is 10.2 Å². The third kappa shape index (κ3) is 2.88. The van der Waals surface area contributed by atoms with E-state index >= 15 is 0 Å². The molecule has 3 nitrogen and oxygen atoms in total. The van der Waals surface area contributed by atoms with E-state index in [1.54, 1.807) is 0 Å². The van der Waals surface area contributed by atoms with Crippen LogP contribution < -0.4 is 4.90 Å². The predicted molar refractivity (Wildman–Crippen MR) is 75.8 cm³/mol. The van der Waals surface area contributed by atoms with Crippen LogP contribution in [0.15, 0.2) is 6.33 Å². The first kappa shape index (κ1) is 14.2. The van der Waals surface area contributed by atoms with E-state index in [0.717, 1.165) is 19.4 Å². The number of nitrogens with zero attached hydrogens (tertiary/aromatic N) is 3. The van der Waals surface area contributed by atoms with Crippen LogP contribution >= 0.6 is 0 Å². The minimum absolute atomic E-state index is 0.222. The molecule has 1 aliphatic heterocycles. The fourth-order valence-corrected chi connectivity index (χ4v) is 3.14. The summed E-state index contributed by atoms with van der Waals surface area (Å²) in [6.07, 6.45) is 6.75. The molecule has 106 valence electrons. The molecule has 2 heterocycles. The Morgan fingerprint density at radius 2 is 2.21 bits per heavy atom. The molecule has 4 heteroatoms.